The van der Waals surface area contributed by atoms with Gasteiger partial charge in [-0.2, -0.15) is 0 Å². The van der Waals surface area contributed by atoms with Gasteiger partial charge in [0, 0.05) is 0 Å². The highest BCUT2D eigenvalue weighted by molar-refractivity contribution is 6.72. The Kier molecular flexibility index (Phi) is 2.04. The Morgan fingerprint density at radius 2 is 1.85 bits per heavy atom. The van der Waals surface area contributed by atoms with Crippen molar-refractivity contribution in [2.45, 2.75) is 31.0 Å². The summed E-state index contributed by atoms with van der Waals surface area (Å²) in [6.07, 6.45) is 1.19. The second-order valence-corrected chi connectivity index (χ2v) is 8.56. The van der Waals surface area contributed by atoms with Crippen LogP contribution in [0, 0.1) is 0 Å². The molecule has 2 rings (SSSR count). The SMILES string of the molecule is C[Si](C)(O)[C@@H]1C[C@H]1c1ccccc1. The molecule has 0 saturated heterocycles. The van der Waals surface area contributed by atoms with Crippen molar-refractivity contribution in [3.05, 3.63) is 35.9 Å². The van der Waals surface area contributed by atoms with E-state index in [1.165, 1.54) is 12.0 Å². The molecule has 0 aromatic heterocycles. The molecule has 2 atom stereocenters. The summed E-state index contributed by atoms with van der Waals surface area (Å²) in [5.74, 6) is 0.646. The topological polar surface area (TPSA) is 20.2 Å². The number of hydrogen-bond acceptors (Lipinski definition) is 1. The van der Waals surface area contributed by atoms with Crippen molar-refractivity contribution in [2.24, 2.45) is 0 Å². The zero-order valence-electron chi connectivity index (χ0n) is 8.20. The van der Waals surface area contributed by atoms with Gasteiger partial charge in [0.1, 0.15) is 0 Å². The van der Waals surface area contributed by atoms with Crippen molar-refractivity contribution in [3.8, 4) is 0 Å². The fraction of sp³-hybridized carbons (Fsp3) is 0.455. The average molecular weight is 192 g/mol. The summed E-state index contributed by atoms with van der Waals surface area (Å²) in [6.45, 7) is 4.08. The van der Waals surface area contributed by atoms with Crippen LogP contribution in [0.5, 0.6) is 0 Å². The molecule has 1 fully saturated rings. The maximum Gasteiger partial charge on any atom is 0.186 e. The monoisotopic (exact) mass is 192 g/mol. The molecule has 1 saturated carbocycles. The first-order valence-corrected chi connectivity index (χ1v) is 7.89. The summed E-state index contributed by atoms with van der Waals surface area (Å²) < 4.78 is 0. The molecule has 0 heterocycles. The van der Waals surface area contributed by atoms with Crippen LogP contribution in [0.15, 0.2) is 30.3 Å². The van der Waals surface area contributed by atoms with Gasteiger partial charge in [-0.15, -0.1) is 0 Å². The standard InChI is InChI=1S/C11H16OSi/c1-13(2,12)11-8-10(11)9-6-4-3-5-7-9/h3-7,10-12H,8H2,1-2H3/t10-,11+/m0/s1. The van der Waals surface area contributed by atoms with E-state index in [0.29, 0.717) is 11.5 Å². The van der Waals surface area contributed by atoms with E-state index in [2.05, 4.69) is 24.3 Å². The summed E-state index contributed by atoms with van der Waals surface area (Å²) in [5.41, 5.74) is 2.00. The Labute approximate surface area is 80.5 Å². The van der Waals surface area contributed by atoms with E-state index in [1.54, 1.807) is 0 Å². The van der Waals surface area contributed by atoms with Crippen molar-refractivity contribution in [1.82, 2.24) is 0 Å². The van der Waals surface area contributed by atoms with Crippen molar-refractivity contribution in [1.29, 1.82) is 0 Å². The van der Waals surface area contributed by atoms with E-state index in [0.717, 1.165) is 0 Å². The summed E-state index contributed by atoms with van der Waals surface area (Å²) in [6, 6.07) is 10.5. The molecule has 0 aliphatic heterocycles. The van der Waals surface area contributed by atoms with Crippen LogP contribution in [0.2, 0.25) is 18.6 Å². The average Bonchev–Trinajstić information content (AvgIpc) is 2.83. The molecular formula is C11H16OSi. The van der Waals surface area contributed by atoms with E-state index in [1.807, 2.05) is 19.2 Å². The fourth-order valence-corrected chi connectivity index (χ4v) is 4.05. The third kappa shape index (κ3) is 1.84. The molecule has 0 unspecified atom stereocenters. The third-order valence-electron chi connectivity index (χ3n) is 2.93. The molecule has 1 aromatic rings. The minimum absolute atomic E-state index is 0.592. The second-order valence-electron chi connectivity index (χ2n) is 4.51. The minimum Gasteiger partial charge on any atom is -0.432 e. The molecule has 0 amide bonds. The molecule has 1 aromatic carbocycles. The highest BCUT2D eigenvalue weighted by Crippen LogP contribution is 2.57. The highest BCUT2D eigenvalue weighted by Gasteiger charge is 2.48. The van der Waals surface area contributed by atoms with Crippen molar-refractivity contribution in [3.63, 3.8) is 0 Å². The molecule has 13 heavy (non-hydrogen) atoms. The molecule has 2 heteroatoms. The Bertz CT molecular complexity index is 289. The van der Waals surface area contributed by atoms with E-state index in [9.17, 15) is 4.80 Å². The van der Waals surface area contributed by atoms with Crippen molar-refractivity contribution < 1.29 is 4.80 Å². The van der Waals surface area contributed by atoms with Gasteiger partial charge in [-0.05, 0) is 36.5 Å². The van der Waals surface area contributed by atoms with Gasteiger partial charge in [0.15, 0.2) is 8.32 Å². The fourth-order valence-electron chi connectivity index (χ4n) is 2.04. The van der Waals surface area contributed by atoms with E-state index < -0.39 is 8.32 Å². The summed E-state index contributed by atoms with van der Waals surface area (Å²) in [5, 5.41) is 0. The maximum absolute atomic E-state index is 9.93. The molecular weight excluding hydrogens is 176 g/mol. The molecule has 1 N–H and O–H groups in total. The van der Waals surface area contributed by atoms with E-state index in [4.69, 9.17) is 0 Å². The van der Waals surface area contributed by atoms with Gasteiger partial charge in [-0.25, -0.2) is 0 Å². The van der Waals surface area contributed by atoms with Crippen molar-refractivity contribution >= 4 is 8.32 Å². The van der Waals surface area contributed by atoms with Gasteiger partial charge in [0.25, 0.3) is 0 Å². The smallest absolute Gasteiger partial charge is 0.186 e. The lowest BCUT2D eigenvalue weighted by molar-refractivity contribution is 0.545. The Hall–Kier alpha value is -0.603. The third-order valence-corrected chi connectivity index (χ3v) is 5.38. The van der Waals surface area contributed by atoms with Gasteiger partial charge in [0.2, 0.25) is 0 Å². The largest absolute Gasteiger partial charge is 0.432 e. The van der Waals surface area contributed by atoms with Crippen LogP contribution in [0.1, 0.15) is 17.9 Å². The molecule has 70 valence electrons. The van der Waals surface area contributed by atoms with Crippen LogP contribution >= 0.6 is 0 Å². The van der Waals surface area contributed by atoms with Gasteiger partial charge in [-0.1, -0.05) is 30.3 Å². The lowest BCUT2D eigenvalue weighted by Gasteiger charge is -2.13. The first-order valence-electron chi connectivity index (χ1n) is 4.86. The first-order chi connectivity index (χ1) is 6.09. The normalized spacial score (nSPS) is 27.3. The Balaban J connectivity index is 2.09. The predicted octanol–water partition coefficient (Wildman–Crippen LogP) is 2.74. The molecule has 1 nitrogen and oxygen atoms in total. The lowest BCUT2D eigenvalue weighted by atomic mass is 10.1. The Morgan fingerprint density at radius 3 is 2.31 bits per heavy atom. The quantitative estimate of drug-likeness (QED) is 0.714. The van der Waals surface area contributed by atoms with Gasteiger partial charge < -0.3 is 4.80 Å². The summed E-state index contributed by atoms with van der Waals surface area (Å²) in [7, 11) is -1.87. The number of benzene rings is 1. The van der Waals surface area contributed by atoms with Crippen molar-refractivity contribution in [2.75, 3.05) is 0 Å². The predicted molar refractivity (Wildman–Crippen MR) is 57.3 cm³/mol. The molecule has 1 aliphatic rings. The Morgan fingerprint density at radius 1 is 1.23 bits per heavy atom. The van der Waals surface area contributed by atoms with Gasteiger partial charge in [-0.3, -0.25) is 0 Å². The van der Waals surface area contributed by atoms with E-state index in [-0.39, 0.29) is 0 Å². The van der Waals surface area contributed by atoms with Crippen LogP contribution < -0.4 is 0 Å². The maximum atomic E-state index is 9.93. The van der Waals surface area contributed by atoms with Crippen LogP contribution in [-0.4, -0.2) is 13.1 Å². The molecule has 0 radical (unpaired) electrons. The van der Waals surface area contributed by atoms with Crippen LogP contribution in [0.4, 0.5) is 0 Å². The van der Waals surface area contributed by atoms with Crippen LogP contribution in [0.3, 0.4) is 0 Å². The lowest BCUT2D eigenvalue weighted by Crippen LogP contribution is -2.25. The second kappa shape index (κ2) is 2.96. The summed E-state index contributed by atoms with van der Waals surface area (Å²) in [4.78, 5) is 9.93. The zero-order valence-corrected chi connectivity index (χ0v) is 9.20. The zero-order chi connectivity index (χ0) is 9.47. The van der Waals surface area contributed by atoms with Crippen LogP contribution in [-0.2, 0) is 0 Å². The number of rotatable bonds is 2. The molecule has 0 spiro atoms. The highest BCUT2D eigenvalue weighted by atomic mass is 28.4. The number of hydrogen-bond donors (Lipinski definition) is 1. The minimum atomic E-state index is -1.87. The van der Waals surface area contributed by atoms with Crippen LogP contribution in [0.25, 0.3) is 0 Å². The first kappa shape index (κ1) is 8.97. The van der Waals surface area contributed by atoms with Gasteiger partial charge >= 0.3 is 0 Å². The molecule has 0 bridgehead atoms. The molecule has 1 aliphatic carbocycles. The summed E-state index contributed by atoms with van der Waals surface area (Å²) >= 11 is 0. The van der Waals surface area contributed by atoms with Gasteiger partial charge in [0.05, 0.1) is 0 Å². The van der Waals surface area contributed by atoms with E-state index >= 15 is 0 Å².